The zero-order valence-corrected chi connectivity index (χ0v) is 11.7. The molecule has 0 aromatic heterocycles. The second kappa shape index (κ2) is 6.35. The van der Waals surface area contributed by atoms with Crippen LogP contribution in [0, 0.1) is 11.8 Å². The summed E-state index contributed by atoms with van der Waals surface area (Å²) in [5.41, 5.74) is 8.51. The van der Waals surface area contributed by atoms with E-state index in [1.54, 1.807) is 0 Å². The van der Waals surface area contributed by atoms with Crippen molar-refractivity contribution in [1.29, 1.82) is 0 Å². The fourth-order valence-corrected chi connectivity index (χ4v) is 2.83. The van der Waals surface area contributed by atoms with Gasteiger partial charge in [0.2, 0.25) is 0 Å². The molecule has 0 aliphatic carbocycles. The van der Waals surface area contributed by atoms with Crippen molar-refractivity contribution in [3.63, 3.8) is 0 Å². The lowest BCUT2D eigenvalue weighted by Gasteiger charge is -2.35. The molecule has 0 radical (unpaired) electrons. The highest BCUT2D eigenvalue weighted by Gasteiger charge is 2.22. The van der Waals surface area contributed by atoms with Crippen LogP contribution in [0.2, 0.25) is 0 Å². The van der Waals surface area contributed by atoms with Gasteiger partial charge in [0.1, 0.15) is 0 Å². The van der Waals surface area contributed by atoms with Crippen LogP contribution < -0.4 is 5.73 Å². The first-order chi connectivity index (χ1) is 8.70. The molecule has 2 nitrogen and oxygen atoms in total. The molecular formula is C16H26N2. The summed E-state index contributed by atoms with van der Waals surface area (Å²) in [6, 6.07) is 8.57. The Morgan fingerprint density at radius 1 is 1.17 bits per heavy atom. The van der Waals surface area contributed by atoms with Crippen LogP contribution in [0.15, 0.2) is 24.3 Å². The Labute approximate surface area is 111 Å². The van der Waals surface area contributed by atoms with E-state index in [1.165, 1.54) is 37.2 Å². The van der Waals surface area contributed by atoms with Crippen LogP contribution >= 0.6 is 0 Å². The third-order valence-electron chi connectivity index (χ3n) is 4.45. The van der Waals surface area contributed by atoms with Gasteiger partial charge in [-0.05, 0) is 42.3 Å². The predicted octanol–water partition coefficient (Wildman–Crippen LogP) is 2.67. The molecule has 1 fully saturated rings. The number of likely N-dealkylation sites (tertiary alicyclic amines) is 1. The Morgan fingerprint density at radius 2 is 1.89 bits per heavy atom. The van der Waals surface area contributed by atoms with Crippen LogP contribution in [-0.2, 0) is 13.0 Å². The number of piperidine rings is 1. The maximum Gasteiger partial charge on any atom is 0.0180 e. The lowest BCUT2D eigenvalue weighted by atomic mass is 9.88. The molecule has 0 saturated carbocycles. The summed E-state index contributed by atoms with van der Waals surface area (Å²) in [7, 11) is 0. The summed E-state index contributed by atoms with van der Waals surface area (Å²) in [4.78, 5) is 2.61. The standard InChI is InChI=1S/C16H26N2/c1-13-7-9-18(12-14(13)2)10-8-15-5-3-4-6-16(15)11-17/h3-6,13-14H,7-12,17H2,1-2H3. The first-order valence-electron chi connectivity index (χ1n) is 7.20. The zero-order chi connectivity index (χ0) is 13.0. The molecule has 0 spiro atoms. The van der Waals surface area contributed by atoms with Crippen LogP contribution in [0.4, 0.5) is 0 Å². The van der Waals surface area contributed by atoms with Crippen LogP contribution in [0.25, 0.3) is 0 Å². The van der Waals surface area contributed by atoms with Gasteiger partial charge in [0.15, 0.2) is 0 Å². The first kappa shape index (κ1) is 13.6. The molecule has 1 aromatic rings. The van der Waals surface area contributed by atoms with Crippen molar-refractivity contribution >= 4 is 0 Å². The molecule has 100 valence electrons. The molecule has 1 saturated heterocycles. The lowest BCUT2D eigenvalue weighted by Crippen LogP contribution is -2.39. The fraction of sp³-hybridized carbons (Fsp3) is 0.625. The molecule has 2 heteroatoms. The molecule has 1 heterocycles. The monoisotopic (exact) mass is 246 g/mol. The van der Waals surface area contributed by atoms with E-state index in [9.17, 15) is 0 Å². The van der Waals surface area contributed by atoms with Crippen molar-refractivity contribution in [2.24, 2.45) is 17.6 Å². The van der Waals surface area contributed by atoms with Crippen LogP contribution in [0.3, 0.4) is 0 Å². The summed E-state index contributed by atoms with van der Waals surface area (Å²) in [5, 5.41) is 0. The topological polar surface area (TPSA) is 29.3 Å². The van der Waals surface area contributed by atoms with E-state index in [0.29, 0.717) is 6.54 Å². The van der Waals surface area contributed by atoms with Gasteiger partial charge < -0.3 is 10.6 Å². The third-order valence-corrected chi connectivity index (χ3v) is 4.45. The number of nitrogens with two attached hydrogens (primary N) is 1. The normalized spacial score (nSPS) is 25.3. The first-order valence-corrected chi connectivity index (χ1v) is 7.20. The van der Waals surface area contributed by atoms with Crippen LogP contribution in [-0.4, -0.2) is 24.5 Å². The smallest absolute Gasteiger partial charge is 0.0180 e. The highest BCUT2D eigenvalue weighted by Crippen LogP contribution is 2.22. The van der Waals surface area contributed by atoms with Crippen LogP contribution in [0.1, 0.15) is 31.4 Å². The molecular weight excluding hydrogens is 220 g/mol. The predicted molar refractivity (Wildman–Crippen MR) is 77.4 cm³/mol. The van der Waals surface area contributed by atoms with Gasteiger partial charge in [-0.1, -0.05) is 38.1 Å². The average Bonchev–Trinajstić information content (AvgIpc) is 2.40. The van der Waals surface area contributed by atoms with Gasteiger partial charge in [-0.25, -0.2) is 0 Å². The van der Waals surface area contributed by atoms with Crippen molar-refractivity contribution in [2.75, 3.05) is 19.6 Å². The Bertz CT molecular complexity index is 375. The van der Waals surface area contributed by atoms with E-state index in [1.807, 2.05) is 0 Å². The number of rotatable bonds is 4. The molecule has 2 unspecified atom stereocenters. The van der Waals surface area contributed by atoms with Crippen LogP contribution in [0.5, 0.6) is 0 Å². The minimum atomic E-state index is 0.656. The van der Waals surface area contributed by atoms with Gasteiger partial charge in [0, 0.05) is 19.6 Å². The molecule has 2 rings (SSSR count). The highest BCUT2D eigenvalue weighted by atomic mass is 15.1. The number of nitrogens with zero attached hydrogens (tertiary/aromatic N) is 1. The average molecular weight is 246 g/mol. The summed E-state index contributed by atoms with van der Waals surface area (Å²) in [6.07, 6.45) is 2.48. The van der Waals surface area contributed by atoms with Gasteiger partial charge in [0.05, 0.1) is 0 Å². The number of benzene rings is 1. The van der Waals surface area contributed by atoms with Gasteiger partial charge in [0.25, 0.3) is 0 Å². The highest BCUT2D eigenvalue weighted by molar-refractivity contribution is 5.27. The van der Waals surface area contributed by atoms with Crippen molar-refractivity contribution in [3.05, 3.63) is 35.4 Å². The molecule has 2 N–H and O–H groups in total. The van der Waals surface area contributed by atoms with E-state index in [2.05, 4.69) is 43.0 Å². The summed E-state index contributed by atoms with van der Waals surface area (Å²) in [5.74, 6) is 1.72. The molecule has 2 atom stereocenters. The van der Waals surface area contributed by atoms with E-state index < -0.39 is 0 Å². The maximum atomic E-state index is 5.79. The van der Waals surface area contributed by atoms with Gasteiger partial charge in [-0.15, -0.1) is 0 Å². The van der Waals surface area contributed by atoms with E-state index in [4.69, 9.17) is 5.73 Å². The lowest BCUT2D eigenvalue weighted by molar-refractivity contribution is 0.140. The molecule has 1 aliphatic heterocycles. The second-order valence-corrected chi connectivity index (χ2v) is 5.77. The maximum absolute atomic E-state index is 5.79. The second-order valence-electron chi connectivity index (χ2n) is 5.77. The largest absolute Gasteiger partial charge is 0.326 e. The number of hydrogen-bond donors (Lipinski definition) is 1. The van der Waals surface area contributed by atoms with E-state index >= 15 is 0 Å². The minimum absolute atomic E-state index is 0.656. The Hall–Kier alpha value is -0.860. The molecule has 0 amide bonds. The third kappa shape index (κ3) is 3.33. The minimum Gasteiger partial charge on any atom is -0.326 e. The Morgan fingerprint density at radius 3 is 2.56 bits per heavy atom. The SMILES string of the molecule is CC1CCN(CCc2ccccc2CN)CC1C. The van der Waals surface area contributed by atoms with Crippen molar-refractivity contribution in [3.8, 4) is 0 Å². The Kier molecular flexibility index (Phi) is 4.79. The quantitative estimate of drug-likeness (QED) is 0.885. The van der Waals surface area contributed by atoms with Crippen molar-refractivity contribution in [2.45, 2.75) is 33.2 Å². The van der Waals surface area contributed by atoms with E-state index in [0.717, 1.165) is 18.3 Å². The summed E-state index contributed by atoms with van der Waals surface area (Å²) >= 11 is 0. The van der Waals surface area contributed by atoms with Gasteiger partial charge >= 0.3 is 0 Å². The fourth-order valence-electron chi connectivity index (χ4n) is 2.83. The van der Waals surface area contributed by atoms with E-state index in [-0.39, 0.29) is 0 Å². The molecule has 18 heavy (non-hydrogen) atoms. The van der Waals surface area contributed by atoms with Crippen molar-refractivity contribution in [1.82, 2.24) is 4.90 Å². The Balaban J connectivity index is 1.88. The summed E-state index contributed by atoms with van der Waals surface area (Å²) < 4.78 is 0. The molecule has 0 bridgehead atoms. The van der Waals surface area contributed by atoms with Gasteiger partial charge in [-0.3, -0.25) is 0 Å². The molecule has 1 aromatic carbocycles. The summed E-state index contributed by atoms with van der Waals surface area (Å²) in [6.45, 7) is 9.11. The number of hydrogen-bond acceptors (Lipinski definition) is 2. The zero-order valence-electron chi connectivity index (χ0n) is 11.7. The van der Waals surface area contributed by atoms with Crippen molar-refractivity contribution < 1.29 is 0 Å². The van der Waals surface area contributed by atoms with Gasteiger partial charge in [-0.2, -0.15) is 0 Å². The molecule has 1 aliphatic rings.